The number of pyridine rings is 1. The molecule has 0 aliphatic rings. The number of hydrogen-bond acceptors (Lipinski definition) is 6. The summed E-state index contributed by atoms with van der Waals surface area (Å²) in [6, 6.07) is 4.44. The zero-order chi connectivity index (χ0) is 14.5. The van der Waals surface area contributed by atoms with Gasteiger partial charge >= 0.3 is 0 Å². The van der Waals surface area contributed by atoms with Crippen molar-refractivity contribution in [3.05, 3.63) is 24.0 Å². The van der Waals surface area contributed by atoms with Crippen molar-refractivity contribution in [3.8, 4) is 6.07 Å². The molecule has 0 aromatic carbocycles. The maximum atomic E-state index is 12.1. The van der Waals surface area contributed by atoms with E-state index in [1.165, 1.54) is 26.3 Å². The molecule has 1 rings (SSSR count). The van der Waals surface area contributed by atoms with E-state index >= 15 is 0 Å². The van der Waals surface area contributed by atoms with Crippen LogP contribution in [0.25, 0.3) is 0 Å². The van der Waals surface area contributed by atoms with E-state index in [0.717, 1.165) is 10.5 Å². The molecule has 0 saturated heterocycles. The van der Waals surface area contributed by atoms with Crippen molar-refractivity contribution >= 4 is 10.0 Å². The Morgan fingerprint density at radius 2 is 2.26 bits per heavy atom. The third kappa shape index (κ3) is 3.97. The number of methoxy groups -OCH3 is 1. The van der Waals surface area contributed by atoms with E-state index < -0.39 is 16.1 Å². The number of likely N-dealkylation sites (N-methyl/N-ethyl adjacent to an activating group) is 1. The van der Waals surface area contributed by atoms with E-state index in [0.29, 0.717) is 0 Å². The van der Waals surface area contributed by atoms with E-state index in [2.05, 4.69) is 4.98 Å². The van der Waals surface area contributed by atoms with Gasteiger partial charge in [0, 0.05) is 26.9 Å². The minimum absolute atomic E-state index is 0.0291. The van der Waals surface area contributed by atoms with Crippen molar-refractivity contribution in [3.63, 3.8) is 0 Å². The fourth-order valence-electron chi connectivity index (χ4n) is 1.42. The molecule has 7 nitrogen and oxygen atoms in total. The molecule has 1 atom stereocenters. The number of aromatic nitrogens is 1. The number of sulfonamides is 1. The predicted octanol–water partition coefficient (Wildman–Crippen LogP) is -0.419. The average molecular weight is 285 g/mol. The number of aliphatic hydroxyl groups excluding tert-OH is 1. The molecule has 104 valence electrons. The fraction of sp³-hybridized carbons (Fsp3) is 0.455. The van der Waals surface area contributed by atoms with Crippen LogP contribution in [-0.2, 0) is 14.8 Å². The summed E-state index contributed by atoms with van der Waals surface area (Å²) in [5.74, 6) is 0. The second-order valence-electron chi connectivity index (χ2n) is 3.89. The lowest BCUT2D eigenvalue weighted by atomic mass is 10.4. The Bertz CT molecular complexity index is 550. The van der Waals surface area contributed by atoms with Crippen molar-refractivity contribution in [1.82, 2.24) is 9.29 Å². The highest BCUT2D eigenvalue weighted by Gasteiger charge is 2.23. The molecule has 0 bridgehead atoms. The fourth-order valence-corrected chi connectivity index (χ4v) is 2.57. The van der Waals surface area contributed by atoms with Gasteiger partial charge in [0.2, 0.25) is 10.0 Å². The molecule has 1 aromatic rings. The van der Waals surface area contributed by atoms with Gasteiger partial charge in [-0.05, 0) is 12.1 Å². The van der Waals surface area contributed by atoms with E-state index in [-0.39, 0.29) is 23.7 Å². The van der Waals surface area contributed by atoms with Gasteiger partial charge < -0.3 is 9.84 Å². The zero-order valence-corrected chi connectivity index (χ0v) is 11.5. The van der Waals surface area contributed by atoms with Crippen LogP contribution < -0.4 is 0 Å². The topological polar surface area (TPSA) is 104 Å². The maximum Gasteiger partial charge on any atom is 0.244 e. The molecule has 1 heterocycles. The first-order chi connectivity index (χ1) is 8.91. The first-order valence-electron chi connectivity index (χ1n) is 5.41. The minimum atomic E-state index is -3.73. The Morgan fingerprint density at radius 3 is 2.74 bits per heavy atom. The van der Waals surface area contributed by atoms with Crippen LogP contribution in [0.1, 0.15) is 5.69 Å². The number of nitrogens with zero attached hydrogens (tertiary/aromatic N) is 3. The molecule has 8 heteroatoms. The molecule has 1 aromatic heterocycles. The summed E-state index contributed by atoms with van der Waals surface area (Å²) in [4.78, 5) is 3.68. The number of nitriles is 1. The van der Waals surface area contributed by atoms with Crippen LogP contribution in [0.5, 0.6) is 0 Å². The van der Waals surface area contributed by atoms with Crippen LogP contribution in [0.15, 0.2) is 23.2 Å². The molecule has 0 saturated carbocycles. The molecule has 0 aliphatic carbocycles. The van der Waals surface area contributed by atoms with Crippen LogP contribution in [0, 0.1) is 11.3 Å². The highest BCUT2D eigenvalue weighted by atomic mass is 32.2. The molecule has 0 radical (unpaired) electrons. The Kier molecular flexibility index (Phi) is 5.38. The van der Waals surface area contributed by atoms with E-state index in [4.69, 9.17) is 10.00 Å². The molecule has 1 N–H and O–H groups in total. The van der Waals surface area contributed by atoms with Crippen LogP contribution in [0.4, 0.5) is 0 Å². The number of rotatable bonds is 6. The van der Waals surface area contributed by atoms with Gasteiger partial charge in [-0.3, -0.25) is 0 Å². The monoisotopic (exact) mass is 285 g/mol. The van der Waals surface area contributed by atoms with Crippen molar-refractivity contribution in [2.75, 3.05) is 27.3 Å². The van der Waals surface area contributed by atoms with Crippen LogP contribution in [-0.4, -0.2) is 56.2 Å². The van der Waals surface area contributed by atoms with Crippen molar-refractivity contribution in [2.24, 2.45) is 0 Å². The Morgan fingerprint density at radius 1 is 1.58 bits per heavy atom. The largest absolute Gasteiger partial charge is 0.389 e. The predicted molar refractivity (Wildman–Crippen MR) is 66.7 cm³/mol. The molecule has 0 amide bonds. The van der Waals surface area contributed by atoms with Crippen LogP contribution in [0.3, 0.4) is 0 Å². The lowest BCUT2D eigenvalue weighted by molar-refractivity contribution is 0.0554. The average Bonchev–Trinajstić information content (AvgIpc) is 2.39. The molecular formula is C11H15N3O4S. The summed E-state index contributed by atoms with van der Waals surface area (Å²) < 4.78 is 30.0. The van der Waals surface area contributed by atoms with E-state index in [9.17, 15) is 13.5 Å². The van der Waals surface area contributed by atoms with Gasteiger partial charge in [0.15, 0.2) is 0 Å². The van der Waals surface area contributed by atoms with Gasteiger partial charge in [-0.15, -0.1) is 0 Å². The van der Waals surface area contributed by atoms with Gasteiger partial charge in [0.05, 0.1) is 12.7 Å². The quantitative estimate of drug-likeness (QED) is 0.761. The van der Waals surface area contributed by atoms with Gasteiger partial charge in [-0.1, -0.05) is 0 Å². The van der Waals surface area contributed by atoms with Gasteiger partial charge in [0.1, 0.15) is 16.7 Å². The minimum Gasteiger partial charge on any atom is -0.389 e. The summed E-state index contributed by atoms with van der Waals surface area (Å²) in [6.45, 7) is -0.0400. The molecule has 19 heavy (non-hydrogen) atoms. The molecular weight excluding hydrogens is 270 g/mol. The van der Waals surface area contributed by atoms with E-state index in [1.54, 1.807) is 0 Å². The normalized spacial score (nSPS) is 13.2. The standard InChI is InChI=1S/C11H15N3O4S/c1-14(7-10(15)8-18-2)19(16,17)11-4-3-9(5-12)13-6-11/h3-4,6,10,15H,7-8H2,1-2H3. The van der Waals surface area contributed by atoms with Gasteiger partial charge in [0.25, 0.3) is 0 Å². The SMILES string of the molecule is COCC(O)CN(C)S(=O)(=O)c1ccc(C#N)nc1. The second-order valence-corrected chi connectivity index (χ2v) is 5.93. The molecule has 0 fully saturated rings. The third-order valence-corrected chi connectivity index (χ3v) is 4.19. The first kappa shape index (κ1) is 15.5. The Balaban J connectivity index is 2.87. The molecule has 0 aliphatic heterocycles. The summed E-state index contributed by atoms with van der Waals surface area (Å²) in [7, 11) is -0.959. The van der Waals surface area contributed by atoms with Crippen molar-refractivity contribution in [1.29, 1.82) is 5.26 Å². The summed E-state index contributed by atoms with van der Waals surface area (Å²) in [5.41, 5.74) is 0.140. The summed E-state index contributed by atoms with van der Waals surface area (Å²) in [6.07, 6.45) is 0.212. The molecule has 0 spiro atoms. The number of ether oxygens (including phenoxy) is 1. The lowest BCUT2D eigenvalue weighted by Crippen LogP contribution is -2.36. The number of aliphatic hydroxyl groups is 1. The van der Waals surface area contributed by atoms with Gasteiger partial charge in [-0.2, -0.15) is 9.57 Å². The Labute approximate surface area is 112 Å². The van der Waals surface area contributed by atoms with Crippen molar-refractivity contribution in [2.45, 2.75) is 11.0 Å². The number of hydrogen-bond donors (Lipinski definition) is 1. The molecule has 1 unspecified atom stereocenters. The highest BCUT2D eigenvalue weighted by Crippen LogP contribution is 2.13. The maximum absolute atomic E-state index is 12.1. The van der Waals surface area contributed by atoms with Crippen molar-refractivity contribution < 1.29 is 18.3 Å². The zero-order valence-electron chi connectivity index (χ0n) is 10.6. The smallest absolute Gasteiger partial charge is 0.244 e. The lowest BCUT2D eigenvalue weighted by Gasteiger charge is -2.19. The highest BCUT2D eigenvalue weighted by molar-refractivity contribution is 7.89. The van der Waals surface area contributed by atoms with Gasteiger partial charge in [-0.25, -0.2) is 13.4 Å². The summed E-state index contributed by atoms with van der Waals surface area (Å²) >= 11 is 0. The van der Waals surface area contributed by atoms with Crippen LogP contribution >= 0.6 is 0 Å². The third-order valence-electron chi connectivity index (χ3n) is 2.39. The van der Waals surface area contributed by atoms with E-state index in [1.807, 2.05) is 6.07 Å². The first-order valence-corrected chi connectivity index (χ1v) is 6.85. The summed E-state index contributed by atoms with van der Waals surface area (Å²) in [5, 5.41) is 18.1. The van der Waals surface area contributed by atoms with Crippen LogP contribution in [0.2, 0.25) is 0 Å². The Hall–Kier alpha value is -1.53. The second kappa shape index (κ2) is 6.58.